The molecule has 1 heterocycles. The molecule has 7 heteroatoms. The normalized spacial score (nSPS) is 13.7. The predicted octanol–water partition coefficient (Wildman–Crippen LogP) is 3.87. The summed E-state index contributed by atoms with van der Waals surface area (Å²) in [5.41, 5.74) is 2.99. The minimum absolute atomic E-state index is 0.0331. The highest BCUT2D eigenvalue weighted by Crippen LogP contribution is 2.31. The number of nitro groups is 1. The van der Waals surface area contributed by atoms with Crippen molar-refractivity contribution in [1.82, 2.24) is 0 Å². The van der Waals surface area contributed by atoms with Crippen molar-refractivity contribution in [3.05, 3.63) is 69.3 Å². The summed E-state index contributed by atoms with van der Waals surface area (Å²) in [6, 6.07) is 12.0. The minimum Gasteiger partial charge on any atom is -0.481 e. The van der Waals surface area contributed by atoms with Crippen molar-refractivity contribution in [3.8, 4) is 0 Å². The van der Waals surface area contributed by atoms with Crippen molar-refractivity contribution < 1.29 is 19.6 Å². The van der Waals surface area contributed by atoms with E-state index in [1.165, 1.54) is 12.1 Å². The maximum atomic E-state index is 12.8. The summed E-state index contributed by atoms with van der Waals surface area (Å²) in [5, 5.41) is 19.9. The molecule has 0 saturated heterocycles. The van der Waals surface area contributed by atoms with Crippen LogP contribution in [0.3, 0.4) is 0 Å². The zero-order valence-electron chi connectivity index (χ0n) is 14.5. The number of carbonyl (C=O) groups excluding carboxylic acids is 1. The van der Waals surface area contributed by atoms with Crippen LogP contribution in [0.25, 0.3) is 12.2 Å². The zero-order valence-corrected chi connectivity index (χ0v) is 14.5. The smallest absolute Gasteiger partial charge is 0.303 e. The molecule has 1 aliphatic rings. The number of non-ortho nitro benzene ring substituents is 1. The summed E-state index contributed by atoms with van der Waals surface area (Å²) in [4.78, 5) is 35.8. The number of carbonyl (C=O) groups is 2. The average Bonchev–Trinajstić information content (AvgIpc) is 2.62. The zero-order chi connectivity index (χ0) is 19.4. The first kappa shape index (κ1) is 18.3. The molecule has 0 aromatic heterocycles. The number of fused-ring (bicyclic) bond motifs is 2. The number of nitro benzene ring substituents is 1. The van der Waals surface area contributed by atoms with Crippen molar-refractivity contribution in [2.24, 2.45) is 0 Å². The molecule has 0 bridgehead atoms. The first-order valence-corrected chi connectivity index (χ1v) is 8.52. The van der Waals surface area contributed by atoms with Gasteiger partial charge in [0.1, 0.15) is 0 Å². The van der Waals surface area contributed by atoms with Crippen LogP contribution in [0.4, 0.5) is 11.4 Å². The maximum absolute atomic E-state index is 12.8. The summed E-state index contributed by atoms with van der Waals surface area (Å²) in [6.45, 7) is 0.185. The quantitative estimate of drug-likeness (QED) is 0.639. The standard InChI is InChI=1S/C20H18N2O5/c23-19(6-3-7-20(24)25)21-13-16-12-17(22(26)27)11-10-14(16)8-9-15-4-1-2-5-18(15)21/h1-2,4-5,8-12H,3,6-7,13H2,(H,24,25)/b9-8-. The molecule has 2 aromatic rings. The summed E-state index contributed by atoms with van der Waals surface area (Å²) < 4.78 is 0. The molecular weight excluding hydrogens is 348 g/mol. The van der Waals surface area contributed by atoms with Gasteiger partial charge in [0.05, 0.1) is 17.2 Å². The minimum atomic E-state index is -0.945. The van der Waals surface area contributed by atoms with E-state index in [1.54, 1.807) is 11.0 Å². The van der Waals surface area contributed by atoms with E-state index in [-0.39, 0.29) is 37.4 Å². The van der Waals surface area contributed by atoms with Crippen LogP contribution in [-0.2, 0) is 16.1 Å². The molecule has 27 heavy (non-hydrogen) atoms. The molecule has 0 unspecified atom stereocenters. The van der Waals surface area contributed by atoms with Gasteiger partial charge in [-0.3, -0.25) is 19.7 Å². The van der Waals surface area contributed by atoms with E-state index in [4.69, 9.17) is 5.11 Å². The Morgan fingerprint density at radius 2 is 1.81 bits per heavy atom. The Labute approximate surface area is 155 Å². The molecule has 0 fully saturated rings. The van der Waals surface area contributed by atoms with Gasteiger partial charge in [0.15, 0.2) is 0 Å². The van der Waals surface area contributed by atoms with Gasteiger partial charge in [0, 0.05) is 25.0 Å². The van der Waals surface area contributed by atoms with Gasteiger partial charge in [-0.15, -0.1) is 0 Å². The van der Waals surface area contributed by atoms with Crippen molar-refractivity contribution in [2.75, 3.05) is 4.90 Å². The SMILES string of the molecule is O=C(O)CCCC(=O)N1Cc2cc([N+](=O)[O-])ccc2/C=C\c2ccccc21. The number of anilines is 1. The van der Waals surface area contributed by atoms with Crippen molar-refractivity contribution in [1.29, 1.82) is 0 Å². The Morgan fingerprint density at radius 3 is 2.56 bits per heavy atom. The number of hydrogen-bond donors (Lipinski definition) is 1. The van der Waals surface area contributed by atoms with Gasteiger partial charge in [-0.1, -0.05) is 30.4 Å². The highest BCUT2D eigenvalue weighted by Gasteiger charge is 2.22. The topological polar surface area (TPSA) is 101 Å². The molecule has 0 spiro atoms. The van der Waals surface area contributed by atoms with Crippen LogP contribution in [0.2, 0.25) is 0 Å². The summed E-state index contributed by atoms with van der Waals surface area (Å²) in [7, 11) is 0. The largest absolute Gasteiger partial charge is 0.481 e. The second-order valence-corrected chi connectivity index (χ2v) is 6.26. The number of carboxylic acids is 1. The third kappa shape index (κ3) is 4.20. The molecule has 1 amide bonds. The molecule has 1 N–H and O–H groups in total. The van der Waals surface area contributed by atoms with Gasteiger partial charge in [0.25, 0.3) is 5.69 Å². The molecule has 1 aliphatic heterocycles. The lowest BCUT2D eigenvalue weighted by molar-refractivity contribution is -0.384. The predicted molar refractivity (Wildman–Crippen MR) is 101 cm³/mol. The van der Waals surface area contributed by atoms with Crippen LogP contribution < -0.4 is 4.90 Å². The monoisotopic (exact) mass is 366 g/mol. The number of para-hydroxylation sites is 1. The Hall–Kier alpha value is -3.48. The Balaban J connectivity index is 1.99. The van der Waals surface area contributed by atoms with Crippen LogP contribution in [0.1, 0.15) is 36.0 Å². The van der Waals surface area contributed by atoms with E-state index < -0.39 is 10.9 Å². The van der Waals surface area contributed by atoms with Crippen LogP contribution in [0, 0.1) is 10.1 Å². The molecule has 0 saturated carbocycles. The van der Waals surface area contributed by atoms with Gasteiger partial charge in [-0.05, 0) is 35.2 Å². The molecule has 3 rings (SSSR count). The van der Waals surface area contributed by atoms with Gasteiger partial charge < -0.3 is 10.0 Å². The average molecular weight is 366 g/mol. The summed E-state index contributed by atoms with van der Waals surface area (Å²) >= 11 is 0. The first-order chi connectivity index (χ1) is 13.0. The second-order valence-electron chi connectivity index (χ2n) is 6.26. The van der Waals surface area contributed by atoms with Crippen LogP contribution in [0.15, 0.2) is 42.5 Å². The van der Waals surface area contributed by atoms with Crippen LogP contribution >= 0.6 is 0 Å². The van der Waals surface area contributed by atoms with Crippen molar-refractivity contribution in [3.63, 3.8) is 0 Å². The van der Waals surface area contributed by atoms with Crippen LogP contribution in [-0.4, -0.2) is 21.9 Å². The van der Waals surface area contributed by atoms with E-state index in [0.717, 1.165) is 11.1 Å². The maximum Gasteiger partial charge on any atom is 0.303 e. The number of nitrogens with zero attached hydrogens (tertiary/aromatic N) is 2. The van der Waals surface area contributed by atoms with Gasteiger partial charge in [-0.25, -0.2) is 0 Å². The number of benzene rings is 2. The summed E-state index contributed by atoms with van der Waals surface area (Å²) in [5.74, 6) is -1.16. The fourth-order valence-corrected chi connectivity index (χ4v) is 3.06. The fourth-order valence-electron chi connectivity index (χ4n) is 3.06. The Bertz CT molecular complexity index is 936. The van der Waals surface area contributed by atoms with E-state index in [2.05, 4.69) is 0 Å². The number of rotatable bonds is 5. The van der Waals surface area contributed by atoms with Gasteiger partial charge in [-0.2, -0.15) is 0 Å². The molecule has 2 aromatic carbocycles. The molecular formula is C20H18N2O5. The molecule has 0 radical (unpaired) electrons. The number of carboxylic acid groups (broad SMARTS) is 1. The molecule has 0 aliphatic carbocycles. The molecule has 138 valence electrons. The third-order valence-corrected chi connectivity index (χ3v) is 4.42. The summed E-state index contributed by atoms with van der Waals surface area (Å²) in [6.07, 6.45) is 4.00. The van der Waals surface area contributed by atoms with Crippen molar-refractivity contribution in [2.45, 2.75) is 25.8 Å². The van der Waals surface area contributed by atoms with E-state index in [0.29, 0.717) is 11.3 Å². The highest BCUT2D eigenvalue weighted by atomic mass is 16.6. The van der Waals surface area contributed by atoms with E-state index in [9.17, 15) is 19.7 Å². The number of aliphatic carboxylic acids is 1. The first-order valence-electron chi connectivity index (χ1n) is 8.52. The number of hydrogen-bond acceptors (Lipinski definition) is 4. The van der Waals surface area contributed by atoms with Crippen LogP contribution in [0.5, 0.6) is 0 Å². The molecule has 7 nitrogen and oxygen atoms in total. The van der Waals surface area contributed by atoms with E-state index in [1.807, 2.05) is 36.4 Å². The molecule has 0 atom stereocenters. The lowest BCUT2D eigenvalue weighted by Crippen LogP contribution is -2.31. The second kappa shape index (κ2) is 7.82. The lowest BCUT2D eigenvalue weighted by atomic mass is 10.00. The third-order valence-electron chi connectivity index (χ3n) is 4.42. The Kier molecular flexibility index (Phi) is 5.30. The lowest BCUT2D eigenvalue weighted by Gasteiger charge is -2.27. The van der Waals surface area contributed by atoms with Gasteiger partial charge >= 0.3 is 5.97 Å². The van der Waals surface area contributed by atoms with Crippen molar-refractivity contribution >= 4 is 35.4 Å². The van der Waals surface area contributed by atoms with Gasteiger partial charge in [0.2, 0.25) is 5.91 Å². The highest BCUT2D eigenvalue weighted by molar-refractivity contribution is 5.97. The number of amides is 1. The Morgan fingerprint density at radius 1 is 1.07 bits per heavy atom. The van der Waals surface area contributed by atoms with E-state index >= 15 is 0 Å². The fraction of sp³-hybridized carbons (Fsp3) is 0.200.